The van der Waals surface area contributed by atoms with Crippen LogP contribution >= 0.6 is 0 Å². The van der Waals surface area contributed by atoms with Gasteiger partial charge in [-0.2, -0.15) is 0 Å². The van der Waals surface area contributed by atoms with E-state index < -0.39 is 42.0 Å². The van der Waals surface area contributed by atoms with E-state index in [1.165, 1.54) is 0 Å². The highest BCUT2D eigenvalue weighted by Gasteiger charge is 2.47. The van der Waals surface area contributed by atoms with Crippen LogP contribution in [0.25, 0.3) is 0 Å². The molecule has 1 aliphatic carbocycles. The molecule has 0 aromatic carbocycles. The van der Waals surface area contributed by atoms with Crippen LogP contribution in [0.15, 0.2) is 23.3 Å². The van der Waals surface area contributed by atoms with Crippen LogP contribution < -0.4 is 5.32 Å². The molecule has 0 spiro atoms. The summed E-state index contributed by atoms with van der Waals surface area (Å²) in [5.74, 6) is -2.70. The Kier molecular flexibility index (Phi) is 7.59. The fraction of sp³-hybridized carbons (Fsp3) is 0.700. The Labute approximate surface area is 160 Å². The van der Waals surface area contributed by atoms with Crippen molar-refractivity contribution in [3.63, 3.8) is 0 Å². The molecule has 0 aromatic heterocycles. The zero-order valence-corrected chi connectivity index (χ0v) is 16.2. The van der Waals surface area contributed by atoms with Gasteiger partial charge >= 0.3 is 11.9 Å². The van der Waals surface area contributed by atoms with Crippen molar-refractivity contribution < 1.29 is 29.6 Å². The lowest BCUT2D eigenvalue weighted by atomic mass is 9.81. The molecule has 0 bridgehead atoms. The lowest BCUT2D eigenvalue weighted by Gasteiger charge is -2.27. The van der Waals surface area contributed by atoms with Crippen molar-refractivity contribution in [2.75, 3.05) is 13.2 Å². The molecule has 1 saturated heterocycles. The SMILES string of the molecule is C/C1=C\CC/C(CO)=C/[C@@H]2OC(=O)[C@@H](CN[C@H](C(=O)O)C(C)C)[C@H]2[C@H](O)C1. The van der Waals surface area contributed by atoms with Crippen LogP contribution in [0.3, 0.4) is 0 Å². The van der Waals surface area contributed by atoms with Crippen molar-refractivity contribution >= 4 is 11.9 Å². The van der Waals surface area contributed by atoms with Crippen molar-refractivity contribution in [3.05, 3.63) is 23.3 Å². The molecule has 0 amide bonds. The third-order valence-corrected chi connectivity index (χ3v) is 5.43. The van der Waals surface area contributed by atoms with Crippen LogP contribution in [0.2, 0.25) is 0 Å². The van der Waals surface area contributed by atoms with Crippen molar-refractivity contribution in [1.29, 1.82) is 0 Å². The zero-order chi connectivity index (χ0) is 20.1. The number of ether oxygens (including phenoxy) is 1. The summed E-state index contributed by atoms with van der Waals surface area (Å²) in [5, 5.41) is 32.7. The molecule has 0 radical (unpaired) electrons. The third-order valence-electron chi connectivity index (χ3n) is 5.43. The fourth-order valence-electron chi connectivity index (χ4n) is 3.90. The minimum atomic E-state index is -0.972. The first-order valence-corrected chi connectivity index (χ1v) is 9.55. The minimum absolute atomic E-state index is 0.122. The summed E-state index contributed by atoms with van der Waals surface area (Å²) in [6, 6.07) is -0.779. The van der Waals surface area contributed by atoms with E-state index in [1.54, 1.807) is 19.9 Å². The lowest BCUT2D eigenvalue weighted by Crippen LogP contribution is -2.46. The highest BCUT2D eigenvalue weighted by atomic mass is 16.6. The molecule has 4 N–H and O–H groups in total. The first kappa shape index (κ1) is 21.6. The number of aliphatic hydroxyl groups excluding tert-OH is 2. The van der Waals surface area contributed by atoms with Crippen molar-refractivity contribution in [3.8, 4) is 0 Å². The molecule has 1 fully saturated rings. The summed E-state index contributed by atoms with van der Waals surface area (Å²) in [5.41, 5.74) is 1.80. The van der Waals surface area contributed by atoms with E-state index in [2.05, 4.69) is 5.32 Å². The largest absolute Gasteiger partial charge is 0.480 e. The highest BCUT2D eigenvalue weighted by molar-refractivity contribution is 5.77. The quantitative estimate of drug-likeness (QED) is 0.404. The number of carboxylic acids is 1. The van der Waals surface area contributed by atoms with Crippen molar-refractivity contribution in [2.45, 2.75) is 58.3 Å². The highest BCUT2D eigenvalue weighted by Crippen LogP contribution is 2.35. The fourth-order valence-corrected chi connectivity index (χ4v) is 3.90. The van der Waals surface area contributed by atoms with Gasteiger partial charge in [0.25, 0.3) is 0 Å². The second-order valence-corrected chi connectivity index (χ2v) is 7.90. The zero-order valence-electron chi connectivity index (χ0n) is 16.2. The van der Waals surface area contributed by atoms with Crippen LogP contribution in [0.4, 0.5) is 0 Å². The number of carbonyl (C=O) groups is 2. The van der Waals surface area contributed by atoms with Gasteiger partial charge in [0.2, 0.25) is 0 Å². The number of carboxylic acid groups (broad SMARTS) is 1. The normalized spacial score (nSPS) is 34.1. The number of esters is 1. The number of aliphatic hydroxyl groups is 2. The van der Waals surface area contributed by atoms with E-state index in [1.807, 2.05) is 13.0 Å². The third kappa shape index (κ3) is 5.40. The maximum Gasteiger partial charge on any atom is 0.320 e. The van der Waals surface area contributed by atoms with Crippen molar-refractivity contribution in [1.82, 2.24) is 5.32 Å². The maximum absolute atomic E-state index is 12.5. The summed E-state index contributed by atoms with van der Waals surface area (Å²) in [6.45, 7) is 5.53. The van der Waals surface area contributed by atoms with Crippen LogP contribution in [-0.4, -0.2) is 58.7 Å². The van der Waals surface area contributed by atoms with Gasteiger partial charge in [-0.1, -0.05) is 25.5 Å². The summed E-state index contributed by atoms with van der Waals surface area (Å²) >= 11 is 0. The Morgan fingerprint density at radius 1 is 1.41 bits per heavy atom. The summed E-state index contributed by atoms with van der Waals surface area (Å²) in [7, 11) is 0. The lowest BCUT2D eigenvalue weighted by molar-refractivity contribution is -0.144. The number of allylic oxidation sites excluding steroid dienone is 1. The number of hydrogen-bond acceptors (Lipinski definition) is 6. The Bertz CT molecular complexity index is 612. The monoisotopic (exact) mass is 381 g/mol. The molecule has 0 unspecified atom stereocenters. The maximum atomic E-state index is 12.5. The Hall–Kier alpha value is -1.70. The molecule has 27 heavy (non-hydrogen) atoms. The summed E-state index contributed by atoms with van der Waals surface area (Å²) in [4.78, 5) is 23.9. The van der Waals surface area contributed by atoms with E-state index in [4.69, 9.17) is 4.74 Å². The molecule has 2 aliphatic rings. The summed E-state index contributed by atoms with van der Waals surface area (Å²) in [6.07, 6.45) is 4.24. The van der Waals surface area contributed by atoms with E-state index >= 15 is 0 Å². The van der Waals surface area contributed by atoms with Gasteiger partial charge in [-0.15, -0.1) is 0 Å². The number of fused-ring (bicyclic) bond motifs is 1. The van der Waals surface area contributed by atoms with Gasteiger partial charge in [-0.3, -0.25) is 9.59 Å². The smallest absolute Gasteiger partial charge is 0.320 e. The van der Waals surface area contributed by atoms with Gasteiger partial charge in [0.1, 0.15) is 12.1 Å². The number of rotatable bonds is 6. The predicted molar refractivity (Wildman–Crippen MR) is 99.9 cm³/mol. The van der Waals surface area contributed by atoms with Gasteiger partial charge in [-0.05, 0) is 43.8 Å². The first-order valence-electron chi connectivity index (χ1n) is 9.55. The minimum Gasteiger partial charge on any atom is -0.480 e. The van der Waals surface area contributed by atoms with Gasteiger partial charge < -0.3 is 25.4 Å². The van der Waals surface area contributed by atoms with Gasteiger partial charge in [0.15, 0.2) is 0 Å². The molecular weight excluding hydrogens is 350 g/mol. The Morgan fingerprint density at radius 3 is 2.70 bits per heavy atom. The van der Waals surface area contributed by atoms with E-state index in [0.717, 1.165) is 17.6 Å². The molecule has 1 aliphatic heterocycles. The van der Waals surface area contributed by atoms with E-state index in [9.17, 15) is 24.9 Å². The topological polar surface area (TPSA) is 116 Å². The number of aliphatic carboxylic acids is 1. The molecule has 7 nitrogen and oxygen atoms in total. The second kappa shape index (κ2) is 9.48. The van der Waals surface area contributed by atoms with Crippen molar-refractivity contribution in [2.24, 2.45) is 17.8 Å². The standard InChI is InChI=1S/C20H31NO6/c1-11(2)18(19(24)25)21-9-14-17-15(23)7-12(3)5-4-6-13(10-22)8-16(17)27-20(14)26/h5,8,11,14-18,21-23H,4,6-7,9-10H2,1-3H3,(H,24,25)/b12-5+,13-8-/t14-,15+,16-,17-,18-/m0/s1. The van der Waals surface area contributed by atoms with Crippen LogP contribution in [0, 0.1) is 17.8 Å². The van der Waals surface area contributed by atoms with Gasteiger partial charge in [0, 0.05) is 12.5 Å². The van der Waals surface area contributed by atoms with E-state index in [-0.39, 0.29) is 19.1 Å². The summed E-state index contributed by atoms with van der Waals surface area (Å²) < 4.78 is 5.51. The molecule has 0 saturated carbocycles. The average molecular weight is 381 g/mol. The Morgan fingerprint density at radius 2 is 2.11 bits per heavy atom. The molecule has 1 heterocycles. The molecule has 5 atom stereocenters. The number of nitrogens with one attached hydrogen (secondary N) is 1. The average Bonchev–Trinajstić information content (AvgIpc) is 2.88. The van der Waals surface area contributed by atoms with Crippen LogP contribution in [0.5, 0.6) is 0 Å². The predicted octanol–water partition coefficient (Wildman–Crippen LogP) is 1.25. The second-order valence-electron chi connectivity index (χ2n) is 7.90. The first-order chi connectivity index (χ1) is 12.7. The Balaban J connectivity index is 2.25. The van der Waals surface area contributed by atoms with Gasteiger partial charge in [0.05, 0.1) is 18.6 Å². The molecule has 2 rings (SSSR count). The number of hydrogen-bond donors (Lipinski definition) is 4. The van der Waals surface area contributed by atoms with E-state index in [0.29, 0.717) is 12.8 Å². The van der Waals surface area contributed by atoms with Crippen LogP contribution in [0.1, 0.15) is 40.0 Å². The van der Waals surface area contributed by atoms with Gasteiger partial charge in [-0.25, -0.2) is 0 Å². The number of carbonyl (C=O) groups excluding carboxylic acids is 1. The molecule has 0 aromatic rings. The molecule has 152 valence electrons. The molecular formula is C20H31NO6. The molecule has 7 heteroatoms. The van der Waals surface area contributed by atoms with Crippen LogP contribution in [-0.2, 0) is 14.3 Å².